The van der Waals surface area contributed by atoms with Crippen LogP contribution in [0.25, 0.3) is 0 Å². The first-order chi connectivity index (χ1) is 10.3. The molecule has 0 bridgehead atoms. The minimum atomic E-state index is 0.115. The molecule has 2 aromatic carbocycles. The van der Waals surface area contributed by atoms with Gasteiger partial charge in [0.05, 0.1) is 6.04 Å². The van der Waals surface area contributed by atoms with Gasteiger partial charge in [0.15, 0.2) is 0 Å². The van der Waals surface area contributed by atoms with Crippen molar-refractivity contribution in [3.05, 3.63) is 65.7 Å². The van der Waals surface area contributed by atoms with E-state index < -0.39 is 0 Å². The van der Waals surface area contributed by atoms with Crippen LogP contribution < -0.4 is 10.1 Å². The number of likely N-dealkylation sites (N-methyl/N-ethyl adjacent to an activating group) is 1. The first kappa shape index (κ1) is 15.6. The van der Waals surface area contributed by atoms with E-state index in [0.717, 1.165) is 18.6 Å². The Hall–Kier alpha value is -1.80. The molecule has 0 saturated carbocycles. The molecule has 2 unspecified atom stereocenters. The van der Waals surface area contributed by atoms with Crippen LogP contribution in [0.4, 0.5) is 0 Å². The first-order valence-electron chi connectivity index (χ1n) is 7.76. The van der Waals surface area contributed by atoms with Gasteiger partial charge < -0.3 is 10.1 Å². The number of aryl methyl sites for hydroxylation is 1. The van der Waals surface area contributed by atoms with Crippen LogP contribution in [0.15, 0.2) is 54.6 Å². The van der Waals surface area contributed by atoms with Crippen molar-refractivity contribution in [3.8, 4) is 5.75 Å². The highest BCUT2D eigenvalue weighted by molar-refractivity contribution is 5.29. The van der Waals surface area contributed by atoms with Gasteiger partial charge in [0.2, 0.25) is 0 Å². The summed E-state index contributed by atoms with van der Waals surface area (Å²) in [5.74, 6) is 0.956. The molecule has 0 aliphatic heterocycles. The van der Waals surface area contributed by atoms with Gasteiger partial charge in [-0.25, -0.2) is 0 Å². The first-order valence-corrected chi connectivity index (χ1v) is 7.76. The van der Waals surface area contributed by atoms with Crippen molar-refractivity contribution in [3.63, 3.8) is 0 Å². The van der Waals surface area contributed by atoms with Crippen molar-refractivity contribution in [2.45, 2.75) is 38.8 Å². The lowest BCUT2D eigenvalue weighted by Crippen LogP contribution is -2.33. The van der Waals surface area contributed by atoms with Crippen molar-refractivity contribution in [1.82, 2.24) is 5.32 Å². The van der Waals surface area contributed by atoms with Gasteiger partial charge in [0, 0.05) is 0 Å². The van der Waals surface area contributed by atoms with Crippen LogP contribution >= 0.6 is 0 Å². The Morgan fingerprint density at radius 3 is 2.38 bits per heavy atom. The SMILES string of the molecule is CCc1cccc(OC(CC)C(NC)c2ccccc2)c1. The number of hydrogen-bond acceptors (Lipinski definition) is 2. The fraction of sp³-hybridized carbons (Fsp3) is 0.368. The summed E-state index contributed by atoms with van der Waals surface area (Å²) >= 11 is 0. The van der Waals surface area contributed by atoms with Crippen molar-refractivity contribution >= 4 is 0 Å². The minimum Gasteiger partial charge on any atom is -0.488 e. The average molecular weight is 283 g/mol. The largest absolute Gasteiger partial charge is 0.488 e. The summed E-state index contributed by atoms with van der Waals surface area (Å²) in [6, 6.07) is 19.1. The molecule has 2 aromatic rings. The number of ether oxygens (including phenoxy) is 1. The Bertz CT molecular complexity index is 538. The van der Waals surface area contributed by atoms with E-state index in [2.05, 4.69) is 61.6 Å². The van der Waals surface area contributed by atoms with Crippen molar-refractivity contribution in [2.24, 2.45) is 0 Å². The van der Waals surface area contributed by atoms with E-state index in [4.69, 9.17) is 4.74 Å². The summed E-state index contributed by atoms with van der Waals surface area (Å²) in [5.41, 5.74) is 2.57. The van der Waals surface area contributed by atoms with Crippen LogP contribution in [0.2, 0.25) is 0 Å². The van der Waals surface area contributed by atoms with Gasteiger partial charge in [-0.3, -0.25) is 0 Å². The molecule has 112 valence electrons. The topological polar surface area (TPSA) is 21.3 Å². The zero-order chi connectivity index (χ0) is 15.1. The Balaban J connectivity index is 2.17. The monoisotopic (exact) mass is 283 g/mol. The molecular weight excluding hydrogens is 258 g/mol. The molecule has 2 atom stereocenters. The maximum atomic E-state index is 6.25. The van der Waals surface area contributed by atoms with E-state index in [1.165, 1.54) is 11.1 Å². The Kier molecular flexibility index (Phi) is 5.82. The fourth-order valence-corrected chi connectivity index (χ4v) is 2.63. The highest BCUT2D eigenvalue weighted by atomic mass is 16.5. The zero-order valence-corrected chi connectivity index (χ0v) is 13.2. The molecule has 0 aliphatic rings. The summed E-state index contributed by atoms with van der Waals surface area (Å²) in [6.45, 7) is 4.33. The lowest BCUT2D eigenvalue weighted by molar-refractivity contribution is 0.152. The van der Waals surface area contributed by atoms with E-state index in [9.17, 15) is 0 Å². The molecule has 21 heavy (non-hydrogen) atoms. The lowest BCUT2D eigenvalue weighted by atomic mass is 9.99. The summed E-state index contributed by atoms with van der Waals surface area (Å²) in [4.78, 5) is 0. The molecule has 0 aromatic heterocycles. The van der Waals surface area contributed by atoms with E-state index in [1.54, 1.807) is 0 Å². The van der Waals surface area contributed by atoms with Crippen molar-refractivity contribution in [2.75, 3.05) is 7.05 Å². The van der Waals surface area contributed by atoms with E-state index in [0.29, 0.717) is 0 Å². The summed E-state index contributed by atoms with van der Waals surface area (Å²) in [6.07, 6.45) is 2.10. The summed E-state index contributed by atoms with van der Waals surface area (Å²) in [5, 5.41) is 3.39. The van der Waals surface area contributed by atoms with Crippen LogP contribution in [-0.2, 0) is 6.42 Å². The zero-order valence-electron chi connectivity index (χ0n) is 13.2. The molecule has 0 amide bonds. The van der Waals surface area contributed by atoms with Crippen LogP contribution in [0.3, 0.4) is 0 Å². The standard InChI is InChI=1S/C19H25NO/c1-4-15-10-9-13-17(14-15)21-18(5-2)19(20-3)16-11-7-6-8-12-16/h6-14,18-20H,4-5H2,1-3H3. The number of benzene rings is 2. The van der Waals surface area contributed by atoms with Gasteiger partial charge in [-0.15, -0.1) is 0 Å². The third kappa shape index (κ3) is 4.08. The van der Waals surface area contributed by atoms with Gasteiger partial charge in [-0.05, 0) is 43.1 Å². The Labute approximate surface area is 128 Å². The molecule has 0 saturated heterocycles. The Morgan fingerprint density at radius 1 is 1.00 bits per heavy atom. The van der Waals surface area contributed by atoms with Crippen molar-refractivity contribution < 1.29 is 4.74 Å². The van der Waals surface area contributed by atoms with Crippen LogP contribution in [0.5, 0.6) is 5.75 Å². The maximum absolute atomic E-state index is 6.25. The minimum absolute atomic E-state index is 0.115. The van der Waals surface area contributed by atoms with E-state index in [-0.39, 0.29) is 12.1 Å². The van der Waals surface area contributed by atoms with Gasteiger partial charge in [0.25, 0.3) is 0 Å². The quantitative estimate of drug-likeness (QED) is 0.815. The fourth-order valence-electron chi connectivity index (χ4n) is 2.63. The molecule has 0 radical (unpaired) electrons. The number of rotatable bonds is 7. The van der Waals surface area contributed by atoms with E-state index >= 15 is 0 Å². The Morgan fingerprint density at radius 2 is 1.76 bits per heavy atom. The van der Waals surface area contributed by atoms with Gasteiger partial charge in [0.1, 0.15) is 11.9 Å². The molecule has 0 fully saturated rings. The van der Waals surface area contributed by atoms with Crippen LogP contribution in [-0.4, -0.2) is 13.2 Å². The second-order valence-electron chi connectivity index (χ2n) is 5.24. The molecule has 2 heteroatoms. The number of nitrogens with one attached hydrogen (secondary N) is 1. The van der Waals surface area contributed by atoms with E-state index in [1.807, 2.05) is 19.2 Å². The third-order valence-corrected chi connectivity index (χ3v) is 3.84. The lowest BCUT2D eigenvalue weighted by Gasteiger charge is -2.27. The average Bonchev–Trinajstić information content (AvgIpc) is 2.55. The van der Waals surface area contributed by atoms with Crippen LogP contribution in [0.1, 0.15) is 37.4 Å². The van der Waals surface area contributed by atoms with Gasteiger partial charge >= 0.3 is 0 Å². The molecule has 1 N–H and O–H groups in total. The molecule has 0 spiro atoms. The summed E-state index contributed by atoms with van der Waals surface area (Å²) < 4.78 is 6.25. The smallest absolute Gasteiger partial charge is 0.120 e. The molecule has 0 heterocycles. The molecule has 2 rings (SSSR count). The molecule has 2 nitrogen and oxygen atoms in total. The van der Waals surface area contributed by atoms with Crippen LogP contribution in [0, 0.1) is 0 Å². The predicted molar refractivity (Wildman–Crippen MR) is 88.8 cm³/mol. The van der Waals surface area contributed by atoms with Crippen molar-refractivity contribution in [1.29, 1.82) is 0 Å². The predicted octanol–water partition coefficient (Wildman–Crippen LogP) is 4.37. The normalized spacial score (nSPS) is 13.7. The maximum Gasteiger partial charge on any atom is 0.120 e. The summed E-state index contributed by atoms with van der Waals surface area (Å²) in [7, 11) is 1.99. The highest BCUT2D eigenvalue weighted by Crippen LogP contribution is 2.24. The van der Waals surface area contributed by atoms with Gasteiger partial charge in [-0.1, -0.05) is 56.3 Å². The number of hydrogen-bond donors (Lipinski definition) is 1. The molecular formula is C19H25NO. The third-order valence-electron chi connectivity index (χ3n) is 3.84. The molecule has 0 aliphatic carbocycles. The second kappa shape index (κ2) is 7.84. The second-order valence-corrected chi connectivity index (χ2v) is 5.24. The van der Waals surface area contributed by atoms with Gasteiger partial charge in [-0.2, -0.15) is 0 Å². The highest BCUT2D eigenvalue weighted by Gasteiger charge is 2.21.